The van der Waals surface area contributed by atoms with Crippen molar-refractivity contribution in [3.8, 4) is 0 Å². The summed E-state index contributed by atoms with van der Waals surface area (Å²) in [5.74, 6) is 0.453. The van der Waals surface area contributed by atoms with Crippen molar-refractivity contribution >= 4 is 11.8 Å². The van der Waals surface area contributed by atoms with Crippen LogP contribution in [0.5, 0.6) is 0 Å². The smallest absolute Gasteiger partial charge is 0.254 e. The lowest BCUT2D eigenvalue weighted by atomic mass is 10.0. The zero-order chi connectivity index (χ0) is 26.6. The van der Waals surface area contributed by atoms with Gasteiger partial charge in [0.25, 0.3) is 5.91 Å². The number of hydrogen-bond donors (Lipinski definition) is 0. The molecule has 1 aromatic heterocycles. The number of hydrogen-bond acceptors (Lipinski definition) is 4. The topological polar surface area (TPSA) is 63.0 Å². The maximum Gasteiger partial charge on any atom is 0.254 e. The fourth-order valence-electron chi connectivity index (χ4n) is 4.90. The fourth-order valence-corrected chi connectivity index (χ4v) is 4.90. The molecule has 6 heteroatoms. The van der Waals surface area contributed by atoms with Crippen molar-refractivity contribution in [3.63, 3.8) is 0 Å². The molecule has 1 fully saturated rings. The number of benzene rings is 2. The highest BCUT2D eigenvalue weighted by Crippen LogP contribution is 2.18. The standard InChI is InChI=1S/C32H40N2O4/c1-2-3-4-6-11-26-16-18-28(19-17-26)32(36)34(24-30-15-10-21-38-30)25-31(35)33(23-29-14-9-20-37-29)22-27-12-7-5-8-13-27/h5,7-9,12-14,16-20,30H,2-4,6,10-11,15,21-25H2,1H3. The van der Waals surface area contributed by atoms with Crippen LogP contribution in [0.25, 0.3) is 0 Å². The van der Waals surface area contributed by atoms with Crippen LogP contribution in [0.1, 0.15) is 72.7 Å². The highest BCUT2D eigenvalue weighted by Gasteiger charge is 2.27. The number of unbranched alkanes of at least 4 members (excludes halogenated alkanes) is 3. The summed E-state index contributed by atoms with van der Waals surface area (Å²) >= 11 is 0. The van der Waals surface area contributed by atoms with Gasteiger partial charge in [0.05, 0.1) is 18.9 Å². The molecule has 0 radical (unpaired) electrons. The second-order valence-corrected chi connectivity index (χ2v) is 10.1. The van der Waals surface area contributed by atoms with Gasteiger partial charge in [-0.2, -0.15) is 0 Å². The molecule has 1 aliphatic rings. The summed E-state index contributed by atoms with van der Waals surface area (Å²) in [7, 11) is 0. The lowest BCUT2D eigenvalue weighted by molar-refractivity contribution is -0.133. The van der Waals surface area contributed by atoms with Crippen LogP contribution in [-0.2, 0) is 29.0 Å². The van der Waals surface area contributed by atoms with E-state index < -0.39 is 0 Å². The maximum absolute atomic E-state index is 13.7. The summed E-state index contributed by atoms with van der Waals surface area (Å²) in [5.41, 5.74) is 2.87. The van der Waals surface area contributed by atoms with Crippen LogP contribution < -0.4 is 0 Å². The molecule has 0 aliphatic carbocycles. The molecule has 1 aliphatic heterocycles. The van der Waals surface area contributed by atoms with Gasteiger partial charge in [-0.15, -0.1) is 0 Å². The lowest BCUT2D eigenvalue weighted by Gasteiger charge is -2.29. The molecular weight excluding hydrogens is 476 g/mol. The minimum Gasteiger partial charge on any atom is -0.467 e. The molecule has 2 aromatic carbocycles. The maximum atomic E-state index is 13.7. The predicted molar refractivity (Wildman–Crippen MR) is 149 cm³/mol. The van der Waals surface area contributed by atoms with Crippen molar-refractivity contribution in [3.05, 3.63) is 95.4 Å². The van der Waals surface area contributed by atoms with Crippen LogP contribution in [0, 0.1) is 0 Å². The largest absolute Gasteiger partial charge is 0.467 e. The van der Waals surface area contributed by atoms with Gasteiger partial charge in [0.15, 0.2) is 0 Å². The van der Waals surface area contributed by atoms with Crippen LogP contribution in [0.2, 0.25) is 0 Å². The molecule has 0 N–H and O–H groups in total. The first kappa shape index (κ1) is 27.6. The highest BCUT2D eigenvalue weighted by atomic mass is 16.5. The quantitative estimate of drug-likeness (QED) is 0.238. The molecule has 202 valence electrons. The van der Waals surface area contributed by atoms with E-state index in [9.17, 15) is 9.59 Å². The zero-order valence-corrected chi connectivity index (χ0v) is 22.5. The van der Waals surface area contributed by atoms with E-state index in [1.165, 1.54) is 24.8 Å². The van der Waals surface area contributed by atoms with Crippen molar-refractivity contribution < 1.29 is 18.7 Å². The van der Waals surface area contributed by atoms with Gasteiger partial charge in [0, 0.05) is 25.3 Å². The Bertz CT molecular complexity index is 1110. The van der Waals surface area contributed by atoms with Gasteiger partial charge in [-0.05, 0) is 61.1 Å². The molecule has 2 heterocycles. The normalized spacial score (nSPS) is 14.9. The minimum atomic E-state index is -0.135. The Balaban J connectivity index is 1.47. The third-order valence-electron chi connectivity index (χ3n) is 7.08. The van der Waals surface area contributed by atoms with Gasteiger partial charge in [-0.1, -0.05) is 68.7 Å². The molecule has 6 nitrogen and oxygen atoms in total. The molecule has 4 rings (SSSR count). The molecule has 1 atom stereocenters. The van der Waals surface area contributed by atoms with Crippen molar-refractivity contribution in [1.82, 2.24) is 9.80 Å². The minimum absolute atomic E-state index is 0.00892. The Morgan fingerprint density at radius 1 is 0.868 bits per heavy atom. The van der Waals surface area contributed by atoms with E-state index in [1.807, 2.05) is 66.7 Å². The lowest BCUT2D eigenvalue weighted by Crippen LogP contribution is -2.45. The Labute approximate surface area is 226 Å². The van der Waals surface area contributed by atoms with E-state index >= 15 is 0 Å². The number of rotatable bonds is 14. The third-order valence-corrected chi connectivity index (χ3v) is 7.08. The van der Waals surface area contributed by atoms with Crippen molar-refractivity contribution in [2.45, 2.75) is 71.1 Å². The predicted octanol–water partition coefficient (Wildman–Crippen LogP) is 6.25. The second kappa shape index (κ2) is 14.5. The molecule has 3 aromatic rings. The summed E-state index contributed by atoms with van der Waals surface area (Å²) in [6, 6.07) is 21.5. The van der Waals surface area contributed by atoms with Crippen LogP contribution in [0.15, 0.2) is 77.4 Å². The number of carbonyl (C=O) groups is 2. The van der Waals surface area contributed by atoms with Crippen LogP contribution in [0.3, 0.4) is 0 Å². The third kappa shape index (κ3) is 8.32. The summed E-state index contributed by atoms with van der Waals surface area (Å²) in [4.78, 5) is 30.7. The van der Waals surface area contributed by atoms with E-state index in [1.54, 1.807) is 16.1 Å². The average Bonchev–Trinajstić information content (AvgIpc) is 3.66. The van der Waals surface area contributed by atoms with Gasteiger partial charge in [-0.25, -0.2) is 0 Å². The van der Waals surface area contributed by atoms with Crippen molar-refractivity contribution in [2.75, 3.05) is 19.7 Å². The molecule has 1 saturated heterocycles. The summed E-state index contributed by atoms with van der Waals surface area (Å²) in [6.45, 7) is 4.09. The average molecular weight is 517 g/mol. The molecule has 0 bridgehead atoms. The van der Waals surface area contributed by atoms with E-state index in [0.717, 1.165) is 31.2 Å². The number of ether oxygens (including phenoxy) is 1. The van der Waals surface area contributed by atoms with Gasteiger partial charge in [-0.3, -0.25) is 9.59 Å². The SMILES string of the molecule is CCCCCCc1ccc(C(=O)N(CC(=O)N(Cc2ccccc2)Cc2ccco2)CC2CCCO2)cc1. The summed E-state index contributed by atoms with van der Waals surface area (Å²) in [6.07, 6.45) is 9.33. The Kier molecular flexibility index (Phi) is 10.6. The van der Waals surface area contributed by atoms with E-state index in [2.05, 4.69) is 6.92 Å². The number of carbonyl (C=O) groups excluding carboxylic acids is 2. The molecule has 0 saturated carbocycles. The van der Waals surface area contributed by atoms with Crippen LogP contribution in [-0.4, -0.2) is 47.4 Å². The van der Waals surface area contributed by atoms with Crippen molar-refractivity contribution in [1.29, 1.82) is 0 Å². The number of aryl methyl sites for hydroxylation is 1. The van der Waals surface area contributed by atoms with Gasteiger partial charge in [0.2, 0.25) is 5.91 Å². The van der Waals surface area contributed by atoms with Gasteiger partial charge in [0.1, 0.15) is 12.3 Å². The van der Waals surface area contributed by atoms with E-state index in [4.69, 9.17) is 9.15 Å². The molecule has 1 unspecified atom stereocenters. The van der Waals surface area contributed by atoms with Gasteiger partial charge < -0.3 is 19.0 Å². The van der Waals surface area contributed by atoms with Crippen LogP contribution in [0.4, 0.5) is 0 Å². The van der Waals surface area contributed by atoms with Crippen molar-refractivity contribution in [2.24, 2.45) is 0 Å². The Morgan fingerprint density at radius 3 is 2.37 bits per heavy atom. The number of nitrogens with zero attached hydrogens (tertiary/aromatic N) is 2. The monoisotopic (exact) mass is 516 g/mol. The molecular formula is C32H40N2O4. The first-order valence-corrected chi connectivity index (χ1v) is 14.0. The second-order valence-electron chi connectivity index (χ2n) is 10.1. The molecule has 38 heavy (non-hydrogen) atoms. The molecule has 2 amide bonds. The van der Waals surface area contributed by atoms with Gasteiger partial charge >= 0.3 is 0 Å². The fraction of sp³-hybridized carbons (Fsp3) is 0.438. The number of amides is 2. The van der Waals surface area contributed by atoms with E-state index in [0.29, 0.717) is 37.6 Å². The first-order chi connectivity index (χ1) is 18.6. The Morgan fingerprint density at radius 2 is 1.68 bits per heavy atom. The number of furan rings is 1. The molecule has 0 spiro atoms. The summed E-state index contributed by atoms with van der Waals surface area (Å²) in [5, 5.41) is 0. The first-order valence-electron chi connectivity index (χ1n) is 14.0. The highest BCUT2D eigenvalue weighted by molar-refractivity contribution is 5.96. The van der Waals surface area contributed by atoms with Crippen LogP contribution >= 0.6 is 0 Å². The Hall–Kier alpha value is -3.38. The summed E-state index contributed by atoms with van der Waals surface area (Å²) < 4.78 is 11.4. The van der Waals surface area contributed by atoms with E-state index in [-0.39, 0.29) is 24.5 Å². The zero-order valence-electron chi connectivity index (χ0n) is 22.5.